The maximum atomic E-state index is 11.2. The molecular weight excluding hydrogens is 400 g/mol. The van der Waals surface area contributed by atoms with Crippen molar-refractivity contribution in [1.82, 2.24) is 0 Å². The van der Waals surface area contributed by atoms with Gasteiger partial charge in [-0.2, -0.15) is 0 Å². The number of carbonyl (C=O) groups is 2. The van der Waals surface area contributed by atoms with E-state index >= 15 is 0 Å². The molecule has 3 heterocycles. The molecule has 7 heteroatoms. The van der Waals surface area contributed by atoms with Crippen LogP contribution in [0, 0.1) is 0 Å². The van der Waals surface area contributed by atoms with Crippen molar-refractivity contribution in [2.24, 2.45) is 0 Å². The fourth-order valence-electron chi connectivity index (χ4n) is 2.85. The van der Waals surface area contributed by atoms with Crippen LogP contribution in [0.5, 0.6) is 0 Å². The summed E-state index contributed by atoms with van der Waals surface area (Å²) in [4.78, 5) is 27.1. The average molecular weight is 421 g/mol. The molecule has 0 atom stereocenters. The number of aromatic carboxylic acids is 2. The van der Waals surface area contributed by atoms with Gasteiger partial charge in [-0.3, -0.25) is 0 Å². The first kappa shape index (κ1) is 19.8. The molecule has 3 aromatic heterocycles. The van der Waals surface area contributed by atoms with E-state index in [1.807, 2.05) is 12.1 Å². The van der Waals surface area contributed by atoms with E-state index < -0.39 is 11.9 Å². The number of hydrogen-bond donors (Lipinski definition) is 2. The van der Waals surface area contributed by atoms with E-state index in [9.17, 15) is 14.7 Å². The van der Waals surface area contributed by atoms with Gasteiger partial charge in [0.1, 0.15) is 9.75 Å². The van der Waals surface area contributed by atoms with Gasteiger partial charge < -0.3 is 10.2 Å². The third-order valence-corrected chi connectivity index (χ3v) is 7.91. The van der Waals surface area contributed by atoms with Gasteiger partial charge in [0.25, 0.3) is 0 Å². The molecule has 0 saturated carbocycles. The van der Waals surface area contributed by atoms with E-state index in [2.05, 4.69) is 13.0 Å². The quantitative estimate of drug-likeness (QED) is 0.377. The number of aryl methyl sites for hydroxylation is 1. The van der Waals surface area contributed by atoms with Crippen LogP contribution >= 0.6 is 34.0 Å². The predicted molar refractivity (Wildman–Crippen MR) is 113 cm³/mol. The highest BCUT2D eigenvalue weighted by atomic mass is 32.1. The molecule has 3 aromatic rings. The third kappa shape index (κ3) is 4.66. The first-order valence-electron chi connectivity index (χ1n) is 8.79. The number of carboxylic acids is 2. The van der Waals surface area contributed by atoms with Gasteiger partial charge in [-0.25, -0.2) is 9.59 Å². The van der Waals surface area contributed by atoms with Gasteiger partial charge >= 0.3 is 11.9 Å². The van der Waals surface area contributed by atoms with Gasteiger partial charge in [-0.1, -0.05) is 26.2 Å². The Kier molecular flexibility index (Phi) is 6.46. The van der Waals surface area contributed by atoms with Crippen LogP contribution in [0.3, 0.4) is 0 Å². The van der Waals surface area contributed by atoms with Crippen molar-refractivity contribution in [2.75, 3.05) is 0 Å². The minimum absolute atomic E-state index is 0.328. The van der Waals surface area contributed by atoms with Crippen molar-refractivity contribution in [3.05, 3.63) is 45.6 Å². The van der Waals surface area contributed by atoms with Crippen molar-refractivity contribution in [1.29, 1.82) is 0 Å². The molecular formula is C20H20O4S3. The molecule has 0 aliphatic rings. The molecule has 0 aliphatic carbocycles. The van der Waals surface area contributed by atoms with E-state index in [1.165, 1.54) is 47.5 Å². The van der Waals surface area contributed by atoms with Crippen molar-refractivity contribution >= 4 is 45.9 Å². The van der Waals surface area contributed by atoms with Gasteiger partial charge in [0.05, 0.1) is 0 Å². The summed E-state index contributed by atoms with van der Waals surface area (Å²) in [5.41, 5.74) is 1.22. The van der Waals surface area contributed by atoms with Crippen molar-refractivity contribution < 1.29 is 19.8 Å². The zero-order valence-electron chi connectivity index (χ0n) is 14.9. The fourth-order valence-corrected chi connectivity index (χ4v) is 5.97. The van der Waals surface area contributed by atoms with Crippen molar-refractivity contribution in [3.8, 4) is 19.5 Å². The monoisotopic (exact) mass is 420 g/mol. The average Bonchev–Trinajstić information content (AvgIpc) is 3.36. The van der Waals surface area contributed by atoms with Crippen LogP contribution in [0.4, 0.5) is 0 Å². The lowest BCUT2D eigenvalue weighted by molar-refractivity contribution is 0.0691. The Morgan fingerprint density at radius 3 is 2.04 bits per heavy atom. The summed E-state index contributed by atoms with van der Waals surface area (Å²) in [6.07, 6.45) is 5.61. The fraction of sp³-hybridized carbons (Fsp3) is 0.300. The highest BCUT2D eigenvalue weighted by Gasteiger charge is 2.17. The Morgan fingerprint density at radius 1 is 0.815 bits per heavy atom. The van der Waals surface area contributed by atoms with E-state index in [1.54, 1.807) is 23.5 Å². The molecule has 27 heavy (non-hydrogen) atoms. The maximum absolute atomic E-state index is 11.2. The molecule has 0 bridgehead atoms. The van der Waals surface area contributed by atoms with E-state index in [-0.39, 0.29) is 0 Å². The first-order valence-corrected chi connectivity index (χ1v) is 11.2. The largest absolute Gasteiger partial charge is 0.477 e. The van der Waals surface area contributed by atoms with E-state index in [0.717, 1.165) is 32.4 Å². The molecule has 0 radical (unpaired) electrons. The van der Waals surface area contributed by atoms with Gasteiger partial charge in [-0.05, 0) is 48.7 Å². The molecule has 0 unspecified atom stereocenters. The topological polar surface area (TPSA) is 74.6 Å². The first-order chi connectivity index (χ1) is 13.0. The summed E-state index contributed by atoms with van der Waals surface area (Å²) in [5.74, 6) is -1.82. The number of rotatable bonds is 9. The second-order valence-electron chi connectivity index (χ2n) is 6.21. The Bertz CT molecular complexity index is 948. The minimum atomic E-state index is -0.910. The van der Waals surface area contributed by atoms with Crippen LogP contribution < -0.4 is 0 Å². The smallest absolute Gasteiger partial charge is 0.345 e. The second-order valence-corrected chi connectivity index (χ2v) is 9.43. The number of thiophene rings is 3. The Balaban J connectivity index is 1.94. The zero-order valence-corrected chi connectivity index (χ0v) is 17.3. The van der Waals surface area contributed by atoms with Crippen molar-refractivity contribution in [3.63, 3.8) is 0 Å². The standard InChI is InChI=1S/C20H20O4S3/c1-2-3-4-5-6-12-11-17(13-7-9-15(25-13)19(21)22)27-18(12)14-8-10-16(26-14)20(23)24/h7-11H,2-6H2,1H3,(H,21,22)(H,23,24). The summed E-state index contributed by atoms with van der Waals surface area (Å²) >= 11 is 4.18. The predicted octanol–water partition coefficient (Wildman–Crippen LogP) is 6.72. The molecule has 0 spiro atoms. The van der Waals surface area contributed by atoms with Gasteiger partial charge in [0, 0.05) is 19.5 Å². The molecule has 4 nitrogen and oxygen atoms in total. The number of carboxylic acid groups (broad SMARTS) is 2. The summed E-state index contributed by atoms with van der Waals surface area (Å²) in [6.45, 7) is 2.18. The van der Waals surface area contributed by atoms with E-state index in [4.69, 9.17) is 5.11 Å². The summed E-state index contributed by atoms with van der Waals surface area (Å²) < 4.78 is 0. The zero-order chi connectivity index (χ0) is 19.4. The second kappa shape index (κ2) is 8.82. The molecule has 0 saturated heterocycles. The van der Waals surface area contributed by atoms with Crippen LogP contribution in [0.25, 0.3) is 19.5 Å². The lowest BCUT2D eigenvalue weighted by Gasteiger charge is -2.01. The third-order valence-electron chi connectivity index (χ3n) is 4.21. The van der Waals surface area contributed by atoms with Gasteiger partial charge in [0.15, 0.2) is 0 Å². The summed E-state index contributed by atoms with van der Waals surface area (Å²) in [6, 6.07) is 9.15. The molecule has 2 N–H and O–H groups in total. The molecule has 0 aliphatic heterocycles. The molecule has 0 amide bonds. The van der Waals surface area contributed by atoms with Crippen LogP contribution in [-0.2, 0) is 6.42 Å². The Labute approximate surface area is 169 Å². The summed E-state index contributed by atoms with van der Waals surface area (Å²) in [7, 11) is 0. The van der Waals surface area contributed by atoms with Crippen LogP contribution in [-0.4, -0.2) is 22.2 Å². The van der Waals surface area contributed by atoms with Gasteiger partial charge in [-0.15, -0.1) is 34.0 Å². The SMILES string of the molecule is CCCCCCc1cc(-c2ccc(C(=O)O)s2)sc1-c1ccc(C(=O)O)s1. The highest BCUT2D eigenvalue weighted by molar-refractivity contribution is 7.27. The summed E-state index contributed by atoms with van der Waals surface area (Å²) in [5, 5.41) is 18.4. The van der Waals surface area contributed by atoms with Crippen LogP contribution in [0.1, 0.15) is 57.5 Å². The molecule has 0 aromatic carbocycles. The molecule has 3 rings (SSSR count). The van der Waals surface area contributed by atoms with E-state index in [0.29, 0.717) is 9.75 Å². The van der Waals surface area contributed by atoms with Crippen LogP contribution in [0.15, 0.2) is 30.3 Å². The van der Waals surface area contributed by atoms with Crippen molar-refractivity contribution in [2.45, 2.75) is 39.0 Å². The minimum Gasteiger partial charge on any atom is -0.477 e. The lowest BCUT2D eigenvalue weighted by Crippen LogP contribution is -1.89. The number of hydrogen-bond acceptors (Lipinski definition) is 5. The number of unbranched alkanes of at least 4 members (excludes halogenated alkanes) is 3. The van der Waals surface area contributed by atoms with Crippen LogP contribution in [0.2, 0.25) is 0 Å². The Morgan fingerprint density at radius 2 is 1.44 bits per heavy atom. The normalized spacial score (nSPS) is 11.0. The van der Waals surface area contributed by atoms with Gasteiger partial charge in [0.2, 0.25) is 0 Å². The highest BCUT2D eigenvalue weighted by Crippen LogP contribution is 2.43. The molecule has 142 valence electrons. The Hall–Kier alpha value is -1.96. The maximum Gasteiger partial charge on any atom is 0.345 e. The molecule has 0 fully saturated rings. The lowest BCUT2D eigenvalue weighted by atomic mass is 10.1.